The van der Waals surface area contributed by atoms with E-state index in [2.05, 4.69) is 14.8 Å². The molecule has 11 heteroatoms. The fourth-order valence-electron chi connectivity index (χ4n) is 1.63. The fraction of sp³-hybridized carbons (Fsp3) is 0.400. The molecule has 0 fully saturated rings. The maximum absolute atomic E-state index is 13.0. The minimum Gasteiger partial charge on any atom is -0.382 e. The predicted molar refractivity (Wildman–Crippen MR) is 54.8 cm³/mol. The summed E-state index contributed by atoms with van der Waals surface area (Å²) in [6, 6.07) is 1.11. The molecule has 2 rings (SSSR count). The van der Waals surface area contributed by atoms with Crippen molar-refractivity contribution in [3.63, 3.8) is 0 Å². The Morgan fingerprint density at radius 2 is 1.90 bits per heavy atom. The first-order valence-electron chi connectivity index (χ1n) is 5.39. The third-order valence-electron chi connectivity index (χ3n) is 2.55. The van der Waals surface area contributed by atoms with Crippen LogP contribution in [-0.4, -0.2) is 32.3 Å². The van der Waals surface area contributed by atoms with Crippen molar-refractivity contribution in [1.82, 2.24) is 14.9 Å². The first-order chi connectivity index (χ1) is 9.60. The van der Waals surface area contributed by atoms with Crippen LogP contribution in [0.5, 0.6) is 0 Å². The van der Waals surface area contributed by atoms with Crippen LogP contribution in [0.25, 0.3) is 11.3 Å². The summed E-state index contributed by atoms with van der Waals surface area (Å²) in [5.74, 6) is 0. The van der Waals surface area contributed by atoms with Crippen LogP contribution in [0.2, 0.25) is 0 Å². The van der Waals surface area contributed by atoms with E-state index in [0.29, 0.717) is 6.20 Å². The number of alkyl halides is 6. The van der Waals surface area contributed by atoms with Gasteiger partial charge in [0.15, 0.2) is 11.8 Å². The van der Waals surface area contributed by atoms with E-state index in [4.69, 9.17) is 5.11 Å². The van der Waals surface area contributed by atoms with Crippen molar-refractivity contribution in [2.75, 3.05) is 0 Å². The highest BCUT2D eigenvalue weighted by molar-refractivity contribution is 5.61. The molecule has 0 aromatic carbocycles. The van der Waals surface area contributed by atoms with Crippen LogP contribution < -0.4 is 0 Å². The summed E-state index contributed by atoms with van der Waals surface area (Å²) in [7, 11) is 0. The van der Waals surface area contributed by atoms with Crippen LogP contribution in [0, 0.1) is 0 Å². The van der Waals surface area contributed by atoms with Gasteiger partial charge in [-0.25, -0.2) is 0 Å². The topological polar surface area (TPSA) is 64.1 Å². The average Bonchev–Trinajstić information content (AvgIpc) is 2.93. The van der Waals surface area contributed by atoms with E-state index in [9.17, 15) is 26.3 Å². The maximum Gasteiger partial charge on any atom is 0.433 e. The lowest BCUT2D eigenvalue weighted by Crippen LogP contribution is -2.34. The maximum atomic E-state index is 13.0. The number of aliphatic hydroxyl groups is 1. The van der Waals surface area contributed by atoms with Crippen LogP contribution in [0.4, 0.5) is 26.3 Å². The van der Waals surface area contributed by atoms with Gasteiger partial charge in [-0.05, 0) is 0 Å². The van der Waals surface area contributed by atoms with E-state index in [1.54, 1.807) is 0 Å². The third kappa shape index (κ3) is 3.17. The molecule has 2 heterocycles. The van der Waals surface area contributed by atoms with Crippen LogP contribution in [0.15, 0.2) is 23.0 Å². The van der Waals surface area contributed by atoms with Gasteiger partial charge in [0.2, 0.25) is 0 Å². The van der Waals surface area contributed by atoms with Gasteiger partial charge < -0.3 is 9.63 Å². The standard InChI is InChI=1S/C10H7F6N3O2/c11-9(12,13)7(20)4-19-8(10(14,15)16)5(3-17-19)6-1-2-21-18-6/h1-3,7,20H,4H2/t7-/m1/s1. The van der Waals surface area contributed by atoms with Gasteiger partial charge in [-0.15, -0.1) is 0 Å². The van der Waals surface area contributed by atoms with E-state index in [1.165, 1.54) is 0 Å². The van der Waals surface area contributed by atoms with E-state index in [0.717, 1.165) is 12.3 Å². The van der Waals surface area contributed by atoms with Crippen molar-refractivity contribution < 1.29 is 36.0 Å². The molecule has 0 unspecified atom stereocenters. The van der Waals surface area contributed by atoms with Crippen LogP contribution in [-0.2, 0) is 12.7 Å². The Morgan fingerprint density at radius 3 is 2.38 bits per heavy atom. The van der Waals surface area contributed by atoms with Gasteiger partial charge in [0.05, 0.1) is 18.3 Å². The summed E-state index contributed by atoms with van der Waals surface area (Å²) in [6.07, 6.45) is -11.3. The Labute approximate surface area is 112 Å². The van der Waals surface area contributed by atoms with Crippen molar-refractivity contribution in [2.24, 2.45) is 0 Å². The summed E-state index contributed by atoms with van der Waals surface area (Å²) in [6.45, 7) is -1.38. The van der Waals surface area contributed by atoms with Gasteiger partial charge in [0.1, 0.15) is 12.0 Å². The van der Waals surface area contributed by atoms with Gasteiger partial charge in [-0.1, -0.05) is 5.16 Å². The molecule has 21 heavy (non-hydrogen) atoms. The Balaban J connectivity index is 2.44. The zero-order valence-corrected chi connectivity index (χ0v) is 9.98. The molecule has 2 aromatic rings. The molecule has 0 spiro atoms. The Hall–Kier alpha value is -2.04. The second-order valence-electron chi connectivity index (χ2n) is 4.03. The second-order valence-corrected chi connectivity index (χ2v) is 4.03. The summed E-state index contributed by atoms with van der Waals surface area (Å²) in [5.41, 5.74) is -2.21. The number of aliphatic hydroxyl groups excluding tert-OH is 1. The van der Waals surface area contributed by atoms with E-state index >= 15 is 0 Å². The normalized spacial score (nSPS) is 14.4. The highest BCUT2D eigenvalue weighted by atomic mass is 19.4. The monoisotopic (exact) mass is 315 g/mol. The highest BCUT2D eigenvalue weighted by Crippen LogP contribution is 2.37. The third-order valence-corrected chi connectivity index (χ3v) is 2.55. The van der Waals surface area contributed by atoms with Crippen molar-refractivity contribution in [3.05, 3.63) is 24.2 Å². The number of aromatic nitrogens is 3. The molecule has 0 amide bonds. The van der Waals surface area contributed by atoms with E-state index < -0.39 is 36.3 Å². The smallest absolute Gasteiger partial charge is 0.382 e. The first-order valence-corrected chi connectivity index (χ1v) is 5.39. The lowest BCUT2D eigenvalue weighted by Gasteiger charge is -2.17. The quantitative estimate of drug-likeness (QED) is 0.884. The zero-order chi connectivity index (χ0) is 15.8. The molecule has 0 bridgehead atoms. The molecular weight excluding hydrogens is 308 g/mol. The highest BCUT2D eigenvalue weighted by Gasteiger charge is 2.43. The SMILES string of the molecule is O[C@H](Cn1ncc(-c2ccon2)c1C(F)(F)F)C(F)(F)F. The molecule has 0 aliphatic carbocycles. The molecule has 0 saturated heterocycles. The van der Waals surface area contributed by atoms with Gasteiger partial charge in [-0.3, -0.25) is 4.68 Å². The molecule has 0 saturated carbocycles. The summed E-state index contributed by atoms with van der Waals surface area (Å²) in [5, 5.41) is 15.4. The molecule has 1 N–H and O–H groups in total. The number of hydrogen-bond donors (Lipinski definition) is 1. The Morgan fingerprint density at radius 1 is 1.24 bits per heavy atom. The van der Waals surface area contributed by atoms with E-state index in [1.807, 2.05) is 0 Å². The summed E-state index contributed by atoms with van der Waals surface area (Å²) < 4.78 is 80.2. The zero-order valence-electron chi connectivity index (χ0n) is 9.98. The molecule has 1 atom stereocenters. The lowest BCUT2D eigenvalue weighted by atomic mass is 10.2. The Bertz CT molecular complexity index is 601. The van der Waals surface area contributed by atoms with Crippen molar-refractivity contribution >= 4 is 0 Å². The van der Waals surface area contributed by atoms with Crippen LogP contribution in [0.1, 0.15) is 5.69 Å². The number of hydrogen-bond acceptors (Lipinski definition) is 4. The summed E-state index contributed by atoms with van der Waals surface area (Å²) >= 11 is 0. The van der Waals surface area contributed by atoms with Crippen LogP contribution >= 0.6 is 0 Å². The van der Waals surface area contributed by atoms with Gasteiger partial charge in [-0.2, -0.15) is 31.4 Å². The minimum absolute atomic E-state index is 0.0438. The lowest BCUT2D eigenvalue weighted by molar-refractivity contribution is -0.209. The number of halogens is 6. The average molecular weight is 315 g/mol. The first kappa shape index (κ1) is 15.4. The Kier molecular flexibility index (Phi) is 3.70. The fourth-order valence-corrected chi connectivity index (χ4v) is 1.63. The van der Waals surface area contributed by atoms with Crippen molar-refractivity contribution in [3.8, 4) is 11.3 Å². The van der Waals surface area contributed by atoms with E-state index in [-0.39, 0.29) is 10.4 Å². The minimum atomic E-state index is -5.05. The predicted octanol–water partition coefficient (Wildman–Crippen LogP) is 2.48. The molecular formula is C10H7F6N3O2. The van der Waals surface area contributed by atoms with Crippen molar-refractivity contribution in [1.29, 1.82) is 0 Å². The molecule has 5 nitrogen and oxygen atoms in total. The largest absolute Gasteiger partial charge is 0.433 e. The number of nitrogens with zero attached hydrogens (tertiary/aromatic N) is 3. The van der Waals surface area contributed by atoms with Crippen molar-refractivity contribution in [2.45, 2.75) is 25.0 Å². The summed E-state index contributed by atoms with van der Waals surface area (Å²) in [4.78, 5) is 0. The molecule has 2 aromatic heterocycles. The van der Waals surface area contributed by atoms with Gasteiger partial charge in [0.25, 0.3) is 0 Å². The molecule has 0 aliphatic rings. The second kappa shape index (κ2) is 5.06. The number of rotatable bonds is 3. The molecule has 0 aliphatic heterocycles. The molecule has 0 radical (unpaired) electrons. The van der Waals surface area contributed by atoms with Gasteiger partial charge in [0, 0.05) is 6.07 Å². The van der Waals surface area contributed by atoms with Crippen LogP contribution in [0.3, 0.4) is 0 Å². The molecule has 116 valence electrons. The van der Waals surface area contributed by atoms with Gasteiger partial charge >= 0.3 is 12.4 Å².